The van der Waals surface area contributed by atoms with E-state index >= 15 is 0 Å². The molecule has 0 fully saturated rings. The highest BCUT2D eigenvalue weighted by atomic mass is 32.2. The smallest absolute Gasteiger partial charge is 0.146 e. The highest BCUT2D eigenvalue weighted by Crippen LogP contribution is 2.33. The van der Waals surface area contributed by atoms with Crippen molar-refractivity contribution < 1.29 is 17.7 Å². The number of nitrogens with one attached hydrogen (secondary N) is 1. The summed E-state index contributed by atoms with van der Waals surface area (Å²) >= 11 is 0. The minimum absolute atomic E-state index is 0.183. The molecular weight excluding hydrogens is 386 g/mol. The van der Waals surface area contributed by atoms with Gasteiger partial charge in [0.2, 0.25) is 0 Å². The molecule has 0 saturated carbocycles. The molecule has 1 heterocycles. The van der Waals surface area contributed by atoms with Gasteiger partial charge in [-0.1, -0.05) is 0 Å². The van der Waals surface area contributed by atoms with Gasteiger partial charge in [-0.3, -0.25) is 0 Å². The summed E-state index contributed by atoms with van der Waals surface area (Å²) in [6.45, 7) is 2.72. The van der Waals surface area contributed by atoms with Gasteiger partial charge in [0, 0.05) is 17.1 Å². The van der Waals surface area contributed by atoms with Gasteiger partial charge >= 0.3 is 0 Å². The quantitative estimate of drug-likeness (QED) is 0.586. The molecular formula is C19H19F2N4O2S-. The Kier molecular flexibility index (Phi) is 6.03. The summed E-state index contributed by atoms with van der Waals surface area (Å²) < 4.78 is 47.4. The van der Waals surface area contributed by atoms with E-state index in [4.69, 9.17) is 4.74 Å². The van der Waals surface area contributed by atoms with Crippen molar-refractivity contribution in [3.8, 4) is 5.75 Å². The third-order valence-corrected chi connectivity index (χ3v) is 4.36. The average molecular weight is 405 g/mol. The first-order valence-electron chi connectivity index (χ1n) is 8.47. The van der Waals surface area contributed by atoms with Crippen LogP contribution in [0, 0.1) is 12.7 Å². The molecule has 0 aliphatic heterocycles. The number of nitrogens with zero attached hydrogens (tertiary/aromatic N) is 3. The van der Waals surface area contributed by atoms with Gasteiger partial charge in [-0.2, -0.15) is 10.6 Å². The van der Waals surface area contributed by atoms with E-state index in [0.29, 0.717) is 22.7 Å². The van der Waals surface area contributed by atoms with Gasteiger partial charge in [0.25, 0.3) is 0 Å². The van der Waals surface area contributed by atoms with E-state index in [-0.39, 0.29) is 5.75 Å². The van der Waals surface area contributed by atoms with E-state index in [1.807, 2.05) is 6.92 Å². The van der Waals surface area contributed by atoms with Crippen molar-refractivity contribution in [2.45, 2.75) is 20.0 Å². The van der Waals surface area contributed by atoms with Crippen LogP contribution in [0.2, 0.25) is 0 Å². The molecule has 3 aromatic rings. The number of hydrogen-bond acceptors (Lipinski definition) is 7. The van der Waals surface area contributed by atoms with E-state index in [1.165, 1.54) is 30.8 Å². The summed E-state index contributed by atoms with van der Waals surface area (Å²) in [5.74, 6) is 0.174. The summed E-state index contributed by atoms with van der Waals surface area (Å²) in [7, 11) is -1.33. The Morgan fingerprint density at radius 2 is 2.07 bits per heavy atom. The molecule has 0 saturated heterocycles. The number of ether oxygens (including phenoxy) is 1. The minimum Gasteiger partial charge on any atom is -0.486 e. The topological polar surface area (TPSA) is 76.5 Å². The summed E-state index contributed by atoms with van der Waals surface area (Å²) in [6.07, 6.45) is 2.15. The maximum Gasteiger partial charge on any atom is 0.146 e. The van der Waals surface area contributed by atoms with Crippen LogP contribution in [0.25, 0.3) is 10.9 Å². The normalized spacial score (nSPS) is 13.5. The molecule has 0 aliphatic carbocycles. The van der Waals surface area contributed by atoms with Crippen molar-refractivity contribution in [2.75, 3.05) is 18.2 Å². The first-order valence-corrected chi connectivity index (χ1v) is 9.98. The molecule has 1 N–H and O–H groups in total. The van der Waals surface area contributed by atoms with Crippen LogP contribution in [-0.2, 0) is 14.8 Å². The predicted molar refractivity (Wildman–Crippen MR) is 106 cm³/mol. The summed E-state index contributed by atoms with van der Waals surface area (Å²) in [5.41, 5.74) is 2.44. The van der Waals surface area contributed by atoms with Crippen molar-refractivity contribution in [1.82, 2.24) is 9.97 Å². The van der Waals surface area contributed by atoms with Gasteiger partial charge in [0.15, 0.2) is 0 Å². The molecule has 28 heavy (non-hydrogen) atoms. The Labute approximate surface area is 163 Å². The fraction of sp³-hybridized carbons (Fsp3) is 0.263. The van der Waals surface area contributed by atoms with Crippen LogP contribution >= 0.6 is 0 Å². The van der Waals surface area contributed by atoms with Gasteiger partial charge in [-0.05, 0) is 43.7 Å². The van der Waals surface area contributed by atoms with E-state index in [2.05, 4.69) is 19.6 Å². The summed E-state index contributed by atoms with van der Waals surface area (Å²) in [5, 5.41) is 3.85. The van der Waals surface area contributed by atoms with Crippen LogP contribution in [0.5, 0.6) is 5.75 Å². The lowest BCUT2D eigenvalue weighted by molar-refractivity contribution is 0.182. The number of benzene rings is 2. The van der Waals surface area contributed by atoms with E-state index < -0.39 is 29.2 Å². The number of rotatable bonds is 6. The monoisotopic (exact) mass is 405 g/mol. The van der Waals surface area contributed by atoms with Crippen LogP contribution in [0.3, 0.4) is 0 Å². The zero-order valence-corrected chi connectivity index (χ0v) is 16.4. The molecule has 1 atom stereocenters. The van der Waals surface area contributed by atoms with Crippen LogP contribution in [-0.4, -0.2) is 29.0 Å². The molecule has 0 bridgehead atoms. The van der Waals surface area contributed by atoms with Gasteiger partial charge in [-0.25, -0.2) is 18.7 Å². The number of halogens is 2. The van der Waals surface area contributed by atoms with Crippen molar-refractivity contribution in [3.63, 3.8) is 0 Å². The highest BCUT2D eigenvalue weighted by Gasteiger charge is 2.13. The number of aryl methyl sites for hydroxylation is 1. The van der Waals surface area contributed by atoms with Crippen LogP contribution in [0.1, 0.15) is 12.5 Å². The molecule has 0 amide bonds. The Morgan fingerprint density at radius 1 is 1.29 bits per heavy atom. The van der Waals surface area contributed by atoms with E-state index in [9.17, 15) is 13.0 Å². The van der Waals surface area contributed by atoms with Crippen molar-refractivity contribution in [2.24, 2.45) is 4.36 Å². The second-order valence-electron chi connectivity index (χ2n) is 6.24. The average Bonchev–Trinajstić information content (AvgIpc) is 2.63. The number of hydrogen-bond donors (Lipinski definition) is 1. The molecule has 1 unspecified atom stereocenters. The fourth-order valence-electron chi connectivity index (χ4n) is 2.74. The highest BCUT2D eigenvalue weighted by molar-refractivity contribution is 7.74. The molecule has 148 valence electrons. The largest absolute Gasteiger partial charge is 0.486 e. The summed E-state index contributed by atoms with van der Waals surface area (Å²) in [6, 6.07) is 7.47. The van der Waals surface area contributed by atoms with Crippen molar-refractivity contribution in [1.29, 1.82) is 0 Å². The third-order valence-electron chi connectivity index (χ3n) is 3.90. The molecule has 1 aromatic heterocycles. The van der Waals surface area contributed by atoms with Gasteiger partial charge in [0.1, 0.15) is 36.5 Å². The number of aromatic nitrogens is 2. The number of fused-ring (bicyclic) bond motifs is 1. The zero-order chi connectivity index (χ0) is 20.3. The molecule has 2 aromatic carbocycles. The number of anilines is 2. The Bertz CT molecular complexity index is 1100. The third kappa shape index (κ3) is 4.53. The molecule has 0 spiro atoms. The standard InChI is InChI=1S/C19H19F2N4O2S/c1-11-6-14(25-28(3)26)8-16-18(11)19(23-10-22-16)24-15-5-4-13(21)7-17(15)27-12(2)9-20/h4-8,10,12H,9H2,1-3H3,(H,22,23,24)/q-1. The van der Waals surface area contributed by atoms with Gasteiger partial charge in [0.05, 0.1) is 11.2 Å². The van der Waals surface area contributed by atoms with E-state index in [1.54, 1.807) is 19.1 Å². The maximum absolute atomic E-state index is 13.6. The molecule has 3 rings (SSSR count). The van der Waals surface area contributed by atoms with Gasteiger partial charge in [-0.15, -0.1) is 6.26 Å². The lowest BCUT2D eigenvalue weighted by Crippen LogP contribution is -2.14. The lowest BCUT2D eigenvalue weighted by Gasteiger charge is -2.17. The summed E-state index contributed by atoms with van der Waals surface area (Å²) in [4.78, 5) is 8.54. The van der Waals surface area contributed by atoms with Crippen LogP contribution < -0.4 is 10.1 Å². The van der Waals surface area contributed by atoms with Crippen molar-refractivity contribution >= 4 is 38.7 Å². The first-order chi connectivity index (χ1) is 13.4. The zero-order valence-electron chi connectivity index (χ0n) is 15.6. The van der Waals surface area contributed by atoms with Gasteiger partial charge < -0.3 is 18.6 Å². The predicted octanol–water partition coefficient (Wildman–Crippen LogP) is 4.97. The second kappa shape index (κ2) is 8.47. The van der Waals surface area contributed by atoms with Crippen LogP contribution in [0.15, 0.2) is 41.0 Å². The van der Waals surface area contributed by atoms with E-state index in [0.717, 1.165) is 10.9 Å². The number of alkyl halides is 1. The second-order valence-corrected chi connectivity index (χ2v) is 7.27. The maximum atomic E-state index is 13.6. The lowest BCUT2D eigenvalue weighted by atomic mass is 10.1. The van der Waals surface area contributed by atoms with Crippen molar-refractivity contribution in [3.05, 3.63) is 48.0 Å². The SMILES string of the molecule is Cc1cc(N=[S-](C)=O)cc2ncnc(Nc3ccc(F)cc3OC(C)CF)c12. The first kappa shape index (κ1) is 19.9. The fourth-order valence-corrected chi connectivity index (χ4v) is 3.14. The van der Waals surface area contributed by atoms with Crippen LogP contribution in [0.4, 0.5) is 26.0 Å². The molecule has 0 aliphatic rings. The Morgan fingerprint density at radius 3 is 2.79 bits per heavy atom. The minimum atomic E-state index is -1.33. The molecule has 9 heteroatoms. The Balaban J connectivity index is 2.06. The molecule has 6 nitrogen and oxygen atoms in total. The Hall–Kier alpha value is -2.81. The molecule has 0 radical (unpaired) electrons.